The lowest BCUT2D eigenvalue weighted by atomic mass is 9.97. The molecule has 4 heteroatoms. The molecule has 0 spiro atoms. The fraction of sp³-hybridized carbons (Fsp3) is 0.467. The summed E-state index contributed by atoms with van der Waals surface area (Å²) in [4.78, 5) is 24.0. The minimum atomic E-state index is -0.460. The summed E-state index contributed by atoms with van der Waals surface area (Å²) < 4.78 is 0. The Kier molecular flexibility index (Phi) is 4.20. The van der Waals surface area contributed by atoms with Crippen LogP contribution in [0, 0.1) is 5.92 Å². The van der Waals surface area contributed by atoms with Gasteiger partial charge in [0.2, 0.25) is 11.8 Å². The molecule has 1 fully saturated rings. The zero-order chi connectivity index (χ0) is 13.8. The van der Waals surface area contributed by atoms with Gasteiger partial charge in [0.05, 0.1) is 0 Å². The molecule has 2 rings (SSSR count). The van der Waals surface area contributed by atoms with Gasteiger partial charge in [0, 0.05) is 6.42 Å². The Morgan fingerprint density at radius 3 is 2.21 bits per heavy atom. The lowest BCUT2D eigenvalue weighted by molar-refractivity contribution is -0.137. The van der Waals surface area contributed by atoms with Crippen molar-refractivity contribution in [3.63, 3.8) is 0 Å². The maximum absolute atomic E-state index is 12.0. The normalized spacial score (nSPS) is 23.1. The van der Waals surface area contributed by atoms with Crippen molar-refractivity contribution in [2.45, 2.75) is 38.8 Å². The molecule has 0 radical (unpaired) electrons. The van der Waals surface area contributed by atoms with Gasteiger partial charge in [-0.1, -0.05) is 44.2 Å². The molecule has 0 unspecified atom stereocenters. The molecule has 102 valence electrons. The maximum atomic E-state index is 12.0. The van der Waals surface area contributed by atoms with Crippen molar-refractivity contribution in [1.82, 2.24) is 10.6 Å². The third-order valence-electron chi connectivity index (χ3n) is 3.26. The highest BCUT2D eigenvalue weighted by molar-refractivity contribution is 5.97. The maximum Gasteiger partial charge on any atom is 0.243 e. The van der Waals surface area contributed by atoms with Gasteiger partial charge < -0.3 is 10.6 Å². The first-order valence-electron chi connectivity index (χ1n) is 6.71. The van der Waals surface area contributed by atoms with Crippen LogP contribution in [0.3, 0.4) is 0 Å². The minimum absolute atomic E-state index is 0.0748. The van der Waals surface area contributed by atoms with E-state index in [1.807, 2.05) is 44.2 Å². The van der Waals surface area contributed by atoms with Gasteiger partial charge in [-0.05, 0) is 17.9 Å². The smallest absolute Gasteiger partial charge is 0.243 e. The molecule has 2 atom stereocenters. The summed E-state index contributed by atoms with van der Waals surface area (Å²) in [6.07, 6.45) is 1.21. The van der Waals surface area contributed by atoms with Crippen LogP contribution >= 0.6 is 0 Å². The van der Waals surface area contributed by atoms with Crippen LogP contribution in [0.15, 0.2) is 30.3 Å². The highest BCUT2D eigenvalue weighted by atomic mass is 16.2. The van der Waals surface area contributed by atoms with Crippen LogP contribution in [0.1, 0.15) is 25.8 Å². The van der Waals surface area contributed by atoms with Gasteiger partial charge in [-0.25, -0.2) is 0 Å². The molecule has 1 aliphatic heterocycles. The summed E-state index contributed by atoms with van der Waals surface area (Å²) in [7, 11) is 0. The SMILES string of the molecule is CC(C)C[C@H]1NC(=O)[C@H](Cc2ccccc2)NC1=O. The number of benzene rings is 1. The van der Waals surface area contributed by atoms with E-state index < -0.39 is 6.04 Å². The Bertz CT molecular complexity index is 456. The molecule has 19 heavy (non-hydrogen) atoms. The van der Waals surface area contributed by atoms with E-state index >= 15 is 0 Å². The highest BCUT2D eigenvalue weighted by Gasteiger charge is 2.33. The van der Waals surface area contributed by atoms with Crippen molar-refractivity contribution in [1.29, 1.82) is 0 Å². The predicted octanol–water partition coefficient (Wildman–Crippen LogP) is 1.26. The van der Waals surface area contributed by atoms with E-state index in [0.717, 1.165) is 5.56 Å². The fourth-order valence-electron chi connectivity index (χ4n) is 2.31. The lowest BCUT2D eigenvalue weighted by Gasteiger charge is -2.30. The first-order chi connectivity index (χ1) is 9.06. The topological polar surface area (TPSA) is 58.2 Å². The van der Waals surface area contributed by atoms with Gasteiger partial charge in [-0.3, -0.25) is 9.59 Å². The molecule has 2 N–H and O–H groups in total. The van der Waals surface area contributed by atoms with Crippen LogP contribution in [-0.2, 0) is 16.0 Å². The molecular weight excluding hydrogens is 240 g/mol. The largest absolute Gasteiger partial charge is 0.343 e. The molecule has 0 aromatic heterocycles. The first-order valence-corrected chi connectivity index (χ1v) is 6.71. The molecule has 1 aromatic carbocycles. The first kappa shape index (κ1) is 13.6. The zero-order valence-electron chi connectivity index (χ0n) is 11.3. The summed E-state index contributed by atoms with van der Waals surface area (Å²) in [6.45, 7) is 4.07. The van der Waals surface area contributed by atoms with Crippen LogP contribution in [-0.4, -0.2) is 23.9 Å². The van der Waals surface area contributed by atoms with E-state index in [1.54, 1.807) is 0 Å². The molecule has 0 aliphatic carbocycles. The van der Waals surface area contributed by atoms with E-state index in [0.29, 0.717) is 18.8 Å². The van der Waals surface area contributed by atoms with Crippen molar-refractivity contribution >= 4 is 11.8 Å². The Balaban J connectivity index is 1.99. The minimum Gasteiger partial charge on any atom is -0.343 e. The molecule has 1 aromatic rings. The third-order valence-corrected chi connectivity index (χ3v) is 3.26. The number of rotatable bonds is 4. The number of hydrogen-bond donors (Lipinski definition) is 2. The summed E-state index contributed by atoms with van der Waals surface area (Å²) in [6, 6.07) is 8.86. The van der Waals surface area contributed by atoms with Crippen molar-refractivity contribution in [3.8, 4) is 0 Å². The number of amides is 2. The van der Waals surface area contributed by atoms with Crippen LogP contribution in [0.2, 0.25) is 0 Å². The second-order valence-electron chi connectivity index (χ2n) is 5.44. The molecule has 2 amide bonds. The lowest BCUT2D eigenvalue weighted by Crippen LogP contribution is -2.62. The Morgan fingerprint density at radius 1 is 1.00 bits per heavy atom. The number of nitrogens with one attached hydrogen (secondary N) is 2. The van der Waals surface area contributed by atoms with Gasteiger partial charge >= 0.3 is 0 Å². The van der Waals surface area contributed by atoms with Gasteiger partial charge in [0.1, 0.15) is 12.1 Å². The van der Waals surface area contributed by atoms with Crippen molar-refractivity contribution < 1.29 is 9.59 Å². The summed E-state index contributed by atoms with van der Waals surface area (Å²) in [5.74, 6) is 0.213. The van der Waals surface area contributed by atoms with Crippen LogP contribution in [0.25, 0.3) is 0 Å². The molecule has 0 saturated carbocycles. The van der Waals surface area contributed by atoms with E-state index in [-0.39, 0.29) is 17.9 Å². The Labute approximate surface area is 113 Å². The van der Waals surface area contributed by atoms with E-state index in [2.05, 4.69) is 10.6 Å². The van der Waals surface area contributed by atoms with Crippen molar-refractivity contribution in [2.24, 2.45) is 5.92 Å². The Hall–Kier alpha value is -1.84. The Morgan fingerprint density at radius 2 is 1.58 bits per heavy atom. The highest BCUT2D eigenvalue weighted by Crippen LogP contribution is 2.11. The number of piperazine rings is 1. The van der Waals surface area contributed by atoms with Crippen LogP contribution < -0.4 is 10.6 Å². The summed E-state index contributed by atoms with van der Waals surface area (Å²) >= 11 is 0. The molecule has 1 aliphatic rings. The van der Waals surface area contributed by atoms with E-state index in [1.165, 1.54) is 0 Å². The zero-order valence-corrected chi connectivity index (χ0v) is 11.3. The van der Waals surface area contributed by atoms with Crippen molar-refractivity contribution in [2.75, 3.05) is 0 Å². The van der Waals surface area contributed by atoms with E-state index in [9.17, 15) is 9.59 Å². The second-order valence-corrected chi connectivity index (χ2v) is 5.44. The molecule has 1 saturated heterocycles. The second kappa shape index (κ2) is 5.87. The average molecular weight is 260 g/mol. The number of carbonyl (C=O) groups excluding carboxylic acids is 2. The molecule has 1 heterocycles. The average Bonchev–Trinajstić information content (AvgIpc) is 2.36. The van der Waals surface area contributed by atoms with Gasteiger partial charge in [-0.15, -0.1) is 0 Å². The third kappa shape index (κ3) is 3.56. The van der Waals surface area contributed by atoms with Crippen molar-refractivity contribution in [3.05, 3.63) is 35.9 Å². The fourth-order valence-corrected chi connectivity index (χ4v) is 2.31. The standard InChI is InChI=1S/C15H20N2O2/c1-10(2)8-12-14(18)17-13(15(19)16-12)9-11-6-4-3-5-7-11/h3-7,10,12-13H,8-9H2,1-2H3,(H,16,19)(H,17,18)/t12-,13+/m1/s1. The molecular formula is C15H20N2O2. The number of hydrogen-bond acceptors (Lipinski definition) is 2. The molecule has 0 bridgehead atoms. The van der Waals surface area contributed by atoms with E-state index in [4.69, 9.17) is 0 Å². The van der Waals surface area contributed by atoms with Gasteiger partial charge in [-0.2, -0.15) is 0 Å². The van der Waals surface area contributed by atoms with Gasteiger partial charge in [0.25, 0.3) is 0 Å². The van der Waals surface area contributed by atoms with Crippen LogP contribution in [0.4, 0.5) is 0 Å². The number of carbonyl (C=O) groups is 2. The summed E-state index contributed by atoms with van der Waals surface area (Å²) in [5.41, 5.74) is 1.05. The van der Waals surface area contributed by atoms with Crippen LogP contribution in [0.5, 0.6) is 0 Å². The summed E-state index contributed by atoms with van der Waals surface area (Å²) in [5, 5.41) is 5.64. The van der Waals surface area contributed by atoms with Gasteiger partial charge in [0.15, 0.2) is 0 Å². The molecule has 4 nitrogen and oxygen atoms in total. The predicted molar refractivity (Wildman–Crippen MR) is 73.5 cm³/mol. The quantitative estimate of drug-likeness (QED) is 0.856. The monoisotopic (exact) mass is 260 g/mol.